The van der Waals surface area contributed by atoms with E-state index in [1.807, 2.05) is 11.8 Å². The average molecular weight is 697 g/mol. The molecule has 1 aromatic carbocycles. The van der Waals surface area contributed by atoms with E-state index in [0.717, 1.165) is 63.0 Å². The van der Waals surface area contributed by atoms with Crippen LogP contribution in [0.3, 0.4) is 0 Å². The highest BCUT2D eigenvalue weighted by Crippen LogP contribution is 2.38. The molecule has 1 aromatic heterocycles. The van der Waals surface area contributed by atoms with Gasteiger partial charge in [-0.25, -0.2) is 4.98 Å². The van der Waals surface area contributed by atoms with Crippen LogP contribution in [0.1, 0.15) is 25.0 Å². The number of nitrogens with one attached hydrogen (secondary N) is 1. The van der Waals surface area contributed by atoms with E-state index in [1.54, 1.807) is 0 Å². The number of hydrogen-bond acceptors (Lipinski definition) is 11. The van der Waals surface area contributed by atoms with Crippen LogP contribution in [0.2, 0.25) is 0 Å². The first kappa shape index (κ1) is 35.9. The van der Waals surface area contributed by atoms with Crippen molar-refractivity contribution in [2.75, 3.05) is 47.0 Å². The number of nitrogens with zero attached hydrogens (tertiary/aromatic N) is 4. The van der Waals surface area contributed by atoms with Crippen molar-refractivity contribution in [1.29, 1.82) is 0 Å². The maximum Gasteiger partial charge on any atom is 0.522 e. The lowest BCUT2D eigenvalue weighted by atomic mass is 10.2. The SMILES string of the molecule is N[C@H]1CCC[C@@H]1Nc1nc(N2CCN(c3ccccc3)CC2)nc2c1SCC2.O=S(=O)(O)C(F)(F)F.O=S(=O)(O)C(F)(F)F. The fourth-order valence-electron chi connectivity index (χ4n) is 4.44. The van der Waals surface area contributed by atoms with Crippen LogP contribution in [-0.2, 0) is 26.7 Å². The monoisotopic (exact) mass is 696 g/mol. The fraction of sp³-hybridized carbons (Fsp3) is 0.565. The number of benzene rings is 1. The van der Waals surface area contributed by atoms with Crippen LogP contribution >= 0.6 is 11.8 Å². The second-order valence-electron chi connectivity index (χ2n) is 9.74. The third-order valence-corrected chi connectivity index (χ3v) is 8.97. The van der Waals surface area contributed by atoms with Gasteiger partial charge < -0.3 is 20.9 Å². The molecule has 44 heavy (non-hydrogen) atoms. The summed E-state index contributed by atoms with van der Waals surface area (Å²) in [6, 6.07) is 11.2. The number of aromatic nitrogens is 2. The van der Waals surface area contributed by atoms with E-state index in [-0.39, 0.29) is 6.04 Å². The second kappa shape index (κ2) is 14.2. The molecule has 2 aromatic rings. The van der Waals surface area contributed by atoms with Gasteiger partial charge in [0.15, 0.2) is 0 Å². The maximum absolute atomic E-state index is 10.7. The van der Waals surface area contributed by atoms with E-state index < -0.39 is 31.3 Å². The summed E-state index contributed by atoms with van der Waals surface area (Å²) < 4.78 is 115. The van der Waals surface area contributed by atoms with Gasteiger partial charge >= 0.3 is 31.3 Å². The lowest BCUT2D eigenvalue weighted by Crippen LogP contribution is -2.47. The zero-order valence-electron chi connectivity index (χ0n) is 22.8. The Labute approximate surface area is 253 Å². The van der Waals surface area contributed by atoms with E-state index in [9.17, 15) is 26.3 Å². The van der Waals surface area contributed by atoms with Crippen molar-refractivity contribution in [3.63, 3.8) is 0 Å². The number of piperazine rings is 1. The predicted octanol–water partition coefficient (Wildman–Crippen LogP) is 3.53. The minimum absolute atomic E-state index is 0.231. The summed E-state index contributed by atoms with van der Waals surface area (Å²) in [5, 5.41) is 3.67. The molecule has 0 unspecified atom stereocenters. The van der Waals surface area contributed by atoms with Gasteiger partial charge in [-0.2, -0.15) is 48.2 Å². The van der Waals surface area contributed by atoms with E-state index in [1.165, 1.54) is 22.7 Å². The maximum atomic E-state index is 10.7. The van der Waals surface area contributed by atoms with E-state index in [2.05, 4.69) is 45.4 Å². The molecule has 3 heterocycles. The van der Waals surface area contributed by atoms with Crippen LogP contribution in [0.4, 0.5) is 43.8 Å². The number of hydrogen-bond donors (Lipinski definition) is 4. The number of alkyl halides is 6. The molecule has 248 valence electrons. The molecule has 3 aliphatic rings. The first-order valence-corrected chi connectivity index (χ1v) is 16.8. The number of thioether (sulfide) groups is 1. The third kappa shape index (κ3) is 9.70. The summed E-state index contributed by atoms with van der Waals surface area (Å²) in [5.74, 6) is 2.99. The lowest BCUT2D eigenvalue weighted by molar-refractivity contribution is -0.0514. The van der Waals surface area contributed by atoms with Gasteiger partial charge in [0.2, 0.25) is 5.95 Å². The standard InChI is InChI=1S/C21H28N6S.2CHF3O3S/c22-16-7-4-8-17(16)23-20-19-18(9-14-28-19)24-21(25-20)27-12-10-26(11-13-27)15-5-2-1-3-6-15;2*2-1(3,4)8(5,6)7/h1-3,5-6,16-17H,4,7-14,22H2,(H,23,24,25);2*(H,5,6,7)/t16-,17-;;/m0../s1. The van der Waals surface area contributed by atoms with Gasteiger partial charge in [0.05, 0.1) is 10.6 Å². The number of halogens is 6. The minimum Gasteiger partial charge on any atom is -0.368 e. The van der Waals surface area contributed by atoms with E-state index in [0.29, 0.717) is 6.04 Å². The summed E-state index contributed by atoms with van der Waals surface area (Å²) in [6.45, 7) is 3.89. The Morgan fingerprint density at radius 3 is 1.86 bits per heavy atom. The van der Waals surface area contributed by atoms with Crippen LogP contribution in [0, 0.1) is 0 Å². The van der Waals surface area contributed by atoms with Gasteiger partial charge in [0.1, 0.15) is 5.82 Å². The topological polar surface area (TPSA) is 179 Å². The lowest BCUT2D eigenvalue weighted by Gasteiger charge is -2.36. The molecule has 1 saturated carbocycles. The summed E-state index contributed by atoms with van der Waals surface area (Å²) in [4.78, 5) is 15.9. The Morgan fingerprint density at radius 1 is 0.864 bits per heavy atom. The molecule has 0 radical (unpaired) electrons. The van der Waals surface area contributed by atoms with E-state index in [4.69, 9.17) is 41.6 Å². The van der Waals surface area contributed by atoms with Crippen LogP contribution in [0.25, 0.3) is 0 Å². The normalized spacial score (nSPS) is 20.7. The molecule has 1 aliphatic carbocycles. The van der Waals surface area contributed by atoms with Gasteiger partial charge in [-0.05, 0) is 31.4 Å². The number of fused-ring (bicyclic) bond motifs is 1. The highest BCUT2D eigenvalue weighted by molar-refractivity contribution is 7.99. The molecule has 0 spiro atoms. The Hall–Kier alpha value is -2.59. The van der Waals surface area contributed by atoms with E-state index >= 15 is 0 Å². The minimum atomic E-state index is -5.84. The van der Waals surface area contributed by atoms with Crippen molar-refractivity contribution >= 4 is 49.5 Å². The Balaban J connectivity index is 0.000000275. The van der Waals surface area contributed by atoms with Gasteiger partial charge in [-0.1, -0.05) is 18.2 Å². The smallest absolute Gasteiger partial charge is 0.368 e. The zero-order valence-corrected chi connectivity index (χ0v) is 25.2. The second-order valence-corrected chi connectivity index (χ2v) is 13.7. The van der Waals surface area contributed by atoms with Crippen LogP contribution in [0.15, 0.2) is 35.2 Å². The average Bonchev–Trinajstić information content (AvgIpc) is 3.57. The Morgan fingerprint density at radius 2 is 1.39 bits per heavy atom. The zero-order chi connectivity index (χ0) is 32.9. The van der Waals surface area contributed by atoms with Gasteiger partial charge in [-0.3, -0.25) is 9.11 Å². The van der Waals surface area contributed by atoms with Crippen molar-refractivity contribution in [2.24, 2.45) is 5.73 Å². The Kier molecular flexibility index (Phi) is 11.6. The number of para-hydroxylation sites is 1. The van der Waals surface area contributed by atoms with Crippen molar-refractivity contribution in [3.8, 4) is 0 Å². The highest BCUT2D eigenvalue weighted by Gasteiger charge is 2.45. The molecule has 12 nitrogen and oxygen atoms in total. The highest BCUT2D eigenvalue weighted by atomic mass is 32.2. The summed E-state index contributed by atoms with van der Waals surface area (Å²) in [5.41, 5.74) is -2.27. The molecule has 2 fully saturated rings. The van der Waals surface area contributed by atoms with Gasteiger partial charge in [0.25, 0.3) is 0 Å². The summed E-state index contributed by atoms with van der Waals surface area (Å²) in [7, 11) is -11.7. The largest absolute Gasteiger partial charge is 0.522 e. The fourth-order valence-corrected chi connectivity index (χ4v) is 5.50. The van der Waals surface area contributed by atoms with Gasteiger partial charge in [-0.15, -0.1) is 11.8 Å². The molecule has 2 aliphatic heterocycles. The van der Waals surface area contributed by atoms with Gasteiger partial charge in [0, 0.05) is 56.1 Å². The molecule has 0 bridgehead atoms. The quantitative estimate of drug-likeness (QED) is 0.208. The molecule has 2 atom stereocenters. The number of anilines is 3. The molecule has 0 amide bonds. The first-order chi connectivity index (χ1) is 20.3. The summed E-state index contributed by atoms with van der Waals surface area (Å²) >= 11 is 1.88. The number of nitrogens with two attached hydrogens (primary N) is 1. The molecule has 5 N–H and O–H groups in total. The van der Waals surface area contributed by atoms with Crippen molar-refractivity contribution < 1.29 is 52.3 Å². The van der Waals surface area contributed by atoms with Crippen LogP contribution in [0.5, 0.6) is 0 Å². The summed E-state index contributed by atoms with van der Waals surface area (Å²) in [6.07, 6.45) is 4.47. The molecular weight excluding hydrogens is 666 g/mol. The molecular formula is C23H30F6N6O6S3. The van der Waals surface area contributed by atoms with Crippen LogP contribution in [-0.4, -0.2) is 90.9 Å². The van der Waals surface area contributed by atoms with Crippen molar-refractivity contribution in [2.45, 2.75) is 53.7 Å². The van der Waals surface area contributed by atoms with Crippen molar-refractivity contribution in [3.05, 3.63) is 36.0 Å². The number of rotatable bonds is 4. The van der Waals surface area contributed by atoms with Crippen LogP contribution < -0.4 is 20.9 Å². The number of aryl methyl sites for hydroxylation is 1. The predicted molar refractivity (Wildman–Crippen MR) is 152 cm³/mol. The first-order valence-electron chi connectivity index (χ1n) is 13.0. The van der Waals surface area contributed by atoms with Crippen molar-refractivity contribution in [1.82, 2.24) is 9.97 Å². The molecule has 21 heteroatoms. The Bertz CT molecular complexity index is 1430. The molecule has 5 rings (SSSR count). The molecule has 1 saturated heterocycles. The third-order valence-electron chi connectivity index (χ3n) is 6.67.